The molecule has 0 bridgehead atoms. The first-order valence-electron chi connectivity index (χ1n) is 20.3. The van der Waals surface area contributed by atoms with Crippen LogP contribution in [0.5, 0.6) is 0 Å². The number of fused-ring (bicyclic) bond motifs is 2. The Morgan fingerprint density at radius 3 is 2.03 bits per heavy atom. The number of hydrogen-bond acceptors (Lipinski definition) is 14. The number of allylic oxidation sites excluding steroid dienone is 6. The zero-order chi connectivity index (χ0) is 47.5. The Morgan fingerprint density at radius 1 is 0.781 bits per heavy atom. The molecule has 350 valence electrons. The van der Waals surface area contributed by atoms with Gasteiger partial charge in [0, 0.05) is 66.7 Å². The van der Waals surface area contributed by atoms with Crippen molar-refractivity contribution in [2.24, 2.45) is 0 Å². The summed E-state index contributed by atoms with van der Waals surface area (Å²) in [6, 6.07) is 8.10. The Balaban J connectivity index is 1.47. The first-order chi connectivity index (χ1) is 29.6. The smallest absolute Gasteiger partial charge is 0.333 e. The highest BCUT2D eigenvalue weighted by Gasteiger charge is 2.46. The van der Waals surface area contributed by atoms with Crippen molar-refractivity contribution in [2.45, 2.75) is 106 Å². The Labute approximate surface area is 373 Å². The van der Waals surface area contributed by atoms with Gasteiger partial charge in [-0.1, -0.05) is 31.1 Å². The number of hydroxylamine groups is 2. The van der Waals surface area contributed by atoms with Crippen LogP contribution in [0.1, 0.15) is 96.1 Å². The maximum Gasteiger partial charge on any atom is 0.333 e. The molecule has 5 rings (SSSR count). The highest BCUT2D eigenvalue weighted by molar-refractivity contribution is 7.86. The standard InChI is InChI=1S/C41H51N3O16S4/c1-40(2)31-27-29(63(54,55)56)16-18-33(31)42(24-12-26-62(51,52)53)35(40)13-6-4-7-14-36-41(3,22-9-11-25-61(48,49)50)32-28-30(64(57,58)59)17-19-34(32)43(36)23-10-5-8-15-39(47)60-44-37(45)20-21-38(44)46/h4,6-7,13-14,16-19,27-28H,5,8-12,15,20-26H2,1-3H3,(H3-,48,49,50,51,52,53,54,55,56,57,58,59). The van der Waals surface area contributed by atoms with Gasteiger partial charge in [-0.15, -0.1) is 5.06 Å². The lowest BCUT2D eigenvalue weighted by Crippen LogP contribution is -2.32. The fourth-order valence-corrected chi connectivity index (χ4v) is 10.4. The lowest BCUT2D eigenvalue weighted by molar-refractivity contribution is -0.437. The van der Waals surface area contributed by atoms with Crippen LogP contribution in [0.3, 0.4) is 0 Å². The fourth-order valence-electron chi connectivity index (χ4n) is 8.29. The second kappa shape index (κ2) is 19.5. The Morgan fingerprint density at radius 2 is 1.41 bits per heavy atom. The minimum absolute atomic E-state index is 0.0208. The number of rotatable bonds is 21. The van der Waals surface area contributed by atoms with E-state index in [2.05, 4.69) is 0 Å². The van der Waals surface area contributed by atoms with Crippen molar-refractivity contribution in [1.82, 2.24) is 5.06 Å². The van der Waals surface area contributed by atoms with Crippen LogP contribution in [-0.4, -0.2) is 110 Å². The van der Waals surface area contributed by atoms with Crippen LogP contribution >= 0.6 is 0 Å². The monoisotopic (exact) mass is 969 g/mol. The molecule has 0 spiro atoms. The van der Waals surface area contributed by atoms with Crippen molar-refractivity contribution in [2.75, 3.05) is 29.5 Å². The van der Waals surface area contributed by atoms with Crippen molar-refractivity contribution >= 4 is 75.3 Å². The van der Waals surface area contributed by atoms with E-state index in [-0.39, 0.29) is 56.4 Å². The number of imide groups is 1. The molecule has 2 aromatic carbocycles. The molecule has 1 atom stereocenters. The molecular weight excluding hydrogens is 919 g/mol. The molecule has 0 aromatic heterocycles. The van der Waals surface area contributed by atoms with Gasteiger partial charge in [-0.05, 0) is 88.4 Å². The van der Waals surface area contributed by atoms with E-state index in [4.69, 9.17) is 4.84 Å². The number of carbonyl (C=O) groups is 3. The van der Waals surface area contributed by atoms with Gasteiger partial charge in [0.15, 0.2) is 5.71 Å². The van der Waals surface area contributed by atoms with Gasteiger partial charge >= 0.3 is 5.97 Å². The molecule has 3 N–H and O–H groups in total. The Kier molecular flexibility index (Phi) is 15.3. The lowest BCUT2D eigenvalue weighted by atomic mass is 9.77. The highest BCUT2D eigenvalue weighted by Crippen LogP contribution is 2.51. The summed E-state index contributed by atoms with van der Waals surface area (Å²) in [5.41, 5.74) is 1.59. The van der Waals surface area contributed by atoms with E-state index in [0.29, 0.717) is 64.8 Å². The average Bonchev–Trinajstić information content (AvgIpc) is 3.70. The van der Waals surface area contributed by atoms with Crippen LogP contribution < -0.4 is 4.90 Å². The predicted molar refractivity (Wildman–Crippen MR) is 231 cm³/mol. The van der Waals surface area contributed by atoms with Crippen LogP contribution in [0, 0.1) is 0 Å². The number of hydrogen-bond donors (Lipinski definition) is 3. The SMILES string of the molecule is CC1(C)C(C=CC=CC=C2N(CCCCCC(=O)ON3C(=O)CCC3=O)c3ccc(S(=O)(=O)[O-])cc3C2(C)CCCCS(=O)(=O)O)=[N+](CCCS(=O)(=O)O)c2ccc(S(=O)(=O)O)cc21. The molecule has 3 aliphatic rings. The van der Waals surface area contributed by atoms with Gasteiger partial charge in [0.25, 0.3) is 42.2 Å². The van der Waals surface area contributed by atoms with Crippen molar-refractivity contribution in [3.05, 3.63) is 83.6 Å². The average molecular weight is 970 g/mol. The van der Waals surface area contributed by atoms with Gasteiger partial charge in [-0.3, -0.25) is 23.2 Å². The molecule has 19 nitrogen and oxygen atoms in total. The summed E-state index contributed by atoms with van der Waals surface area (Å²) in [6.07, 6.45) is 10.4. The molecule has 2 amide bonds. The predicted octanol–water partition coefficient (Wildman–Crippen LogP) is 4.49. The summed E-state index contributed by atoms with van der Waals surface area (Å²) in [4.78, 5) is 42.2. The third kappa shape index (κ3) is 12.2. The van der Waals surface area contributed by atoms with Gasteiger partial charge in [0.05, 0.1) is 26.7 Å². The molecule has 0 aliphatic carbocycles. The summed E-state index contributed by atoms with van der Waals surface area (Å²) < 4.78 is 137. The number of amides is 2. The van der Waals surface area contributed by atoms with Gasteiger partial charge in [0.1, 0.15) is 16.7 Å². The topological polar surface area (TPSA) is 290 Å². The molecule has 1 fully saturated rings. The molecule has 0 radical (unpaired) electrons. The van der Waals surface area contributed by atoms with Crippen LogP contribution in [0.4, 0.5) is 11.4 Å². The number of anilines is 1. The molecule has 1 saturated heterocycles. The molecule has 0 saturated carbocycles. The summed E-state index contributed by atoms with van der Waals surface area (Å²) in [5.74, 6) is -2.97. The minimum atomic E-state index is -4.90. The Hall–Kier alpha value is -4.62. The molecular formula is C41H51N3O16S4. The van der Waals surface area contributed by atoms with Gasteiger partial charge in [-0.25, -0.2) is 13.2 Å². The third-order valence-electron chi connectivity index (χ3n) is 11.5. The Bertz CT molecular complexity index is 2760. The minimum Gasteiger partial charge on any atom is -0.744 e. The van der Waals surface area contributed by atoms with Crippen molar-refractivity contribution < 1.29 is 75.7 Å². The van der Waals surface area contributed by atoms with Crippen LogP contribution in [0.15, 0.2) is 82.3 Å². The van der Waals surface area contributed by atoms with Crippen molar-refractivity contribution in [3.8, 4) is 0 Å². The van der Waals surface area contributed by atoms with E-state index in [0.717, 1.165) is 0 Å². The maximum absolute atomic E-state index is 12.4. The third-order valence-corrected chi connectivity index (χ3v) is 14.8. The fraction of sp³-hybridized carbons (Fsp3) is 0.463. The maximum atomic E-state index is 12.4. The number of unbranched alkanes of at least 4 members (excludes halogenated alkanes) is 3. The number of nitrogens with zero attached hydrogens (tertiary/aromatic N) is 3. The van der Waals surface area contributed by atoms with Crippen molar-refractivity contribution in [1.29, 1.82) is 0 Å². The highest BCUT2D eigenvalue weighted by atomic mass is 32.2. The van der Waals surface area contributed by atoms with E-state index in [1.807, 2.05) is 25.7 Å². The van der Waals surface area contributed by atoms with E-state index in [1.165, 1.54) is 36.4 Å². The van der Waals surface area contributed by atoms with Crippen molar-refractivity contribution in [3.63, 3.8) is 0 Å². The van der Waals surface area contributed by atoms with Crippen LogP contribution in [-0.2, 0) is 70.5 Å². The number of benzene rings is 2. The van der Waals surface area contributed by atoms with Crippen LogP contribution in [0.2, 0.25) is 0 Å². The van der Waals surface area contributed by atoms with E-state index in [1.54, 1.807) is 35.0 Å². The zero-order valence-corrected chi connectivity index (χ0v) is 38.6. The molecule has 23 heteroatoms. The second-order valence-corrected chi connectivity index (χ2v) is 22.4. The summed E-state index contributed by atoms with van der Waals surface area (Å²) in [7, 11) is -18.0. The molecule has 64 heavy (non-hydrogen) atoms. The van der Waals surface area contributed by atoms with Gasteiger partial charge in [0.2, 0.25) is 5.69 Å². The summed E-state index contributed by atoms with van der Waals surface area (Å²) in [6.45, 7) is 5.93. The first-order valence-corrected chi connectivity index (χ1v) is 26.4. The first kappa shape index (κ1) is 50.4. The van der Waals surface area contributed by atoms with Crippen LogP contribution in [0.25, 0.3) is 0 Å². The van der Waals surface area contributed by atoms with E-state index < -0.39 is 85.5 Å². The largest absolute Gasteiger partial charge is 0.744 e. The quantitative estimate of drug-likeness (QED) is 0.0510. The second-order valence-electron chi connectivity index (χ2n) is 16.5. The number of carbonyl (C=O) groups excluding carboxylic acids is 3. The zero-order valence-electron chi connectivity index (χ0n) is 35.4. The lowest BCUT2D eigenvalue weighted by Gasteiger charge is -2.30. The molecule has 2 aromatic rings. The van der Waals surface area contributed by atoms with E-state index in [9.17, 15) is 66.3 Å². The summed E-state index contributed by atoms with van der Waals surface area (Å²) in [5, 5.41) is 0.481. The molecule has 3 heterocycles. The van der Waals surface area contributed by atoms with Gasteiger partial charge < -0.3 is 14.3 Å². The summed E-state index contributed by atoms with van der Waals surface area (Å²) >= 11 is 0. The normalized spacial score (nSPS) is 19.8. The van der Waals surface area contributed by atoms with E-state index >= 15 is 0 Å². The molecule has 3 aliphatic heterocycles. The van der Waals surface area contributed by atoms with Gasteiger partial charge in [-0.2, -0.15) is 29.8 Å². The molecule has 1 unspecified atom stereocenters.